The molecule has 0 saturated heterocycles. The number of fused-ring (bicyclic) bond motifs is 1. The average Bonchev–Trinajstić information content (AvgIpc) is 3.13. The molecule has 3 aromatic rings. The number of rotatable bonds is 5. The van der Waals surface area contributed by atoms with Crippen LogP contribution in [0.2, 0.25) is 0 Å². The lowest BCUT2D eigenvalue weighted by molar-refractivity contribution is 0.369. The minimum Gasteiger partial charge on any atom is -0.472 e. The van der Waals surface area contributed by atoms with Crippen molar-refractivity contribution in [3.8, 4) is 0 Å². The maximum absolute atomic E-state index is 5.62. The van der Waals surface area contributed by atoms with Crippen molar-refractivity contribution in [3.63, 3.8) is 0 Å². The van der Waals surface area contributed by atoms with Crippen LogP contribution >= 0.6 is 7.26 Å². The zero-order chi connectivity index (χ0) is 22.2. The van der Waals surface area contributed by atoms with Gasteiger partial charge >= 0.3 is 0 Å². The summed E-state index contributed by atoms with van der Waals surface area (Å²) in [6.45, 7) is 7.15. The highest BCUT2D eigenvalue weighted by Gasteiger charge is 2.54. The molecule has 2 heteroatoms. The summed E-state index contributed by atoms with van der Waals surface area (Å²) in [6.07, 6.45) is 7.03. The second-order valence-corrected chi connectivity index (χ2v) is 13.1. The number of hydrogen-bond acceptors (Lipinski definition) is 1. The first-order chi connectivity index (χ1) is 15.5. The van der Waals surface area contributed by atoms with Crippen molar-refractivity contribution < 1.29 is 4.74 Å². The van der Waals surface area contributed by atoms with Gasteiger partial charge < -0.3 is 4.74 Å². The van der Waals surface area contributed by atoms with Gasteiger partial charge in [0, 0.05) is 5.57 Å². The predicted octanol–water partition coefficient (Wildman–Crippen LogP) is 6.52. The van der Waals surface area contributed by atoms with Gasteiger partial charge in [0.1, 0.15) is 28.8 Å². The van der Waals surface area contributed by atoms with Crippen LogP contribution in [0.4, 0.5) is 0 Å². The second kappa shape index (κ2) is 8.23. The van der Waals surface area contributed by atoms with E-state index in [1.165, 1.54) is 27.1 Å². The first-order valence-corrected chi connectivity index (χ1v) is 13.2. The Kier molecular flexibility index (Phi) is 5.39. The summed E-state index contributed by atoms with van der Waals surface area (Å²) >= 11 is 0. The summed E-state index contributed by atoms with van der Waals surface area (Å²) in [5, 5.41) is 4.30. The third-order valence-electron chi connectivity index (χ3n) is 7.07. The molecule has 0 N–H and O–H groups in total. The lowest BCUT2D eigenvalue weighted by Gasteiger charge is -2.34. The van der Waals surface area contributed by atoms with E-state index in [9.17, 15) is 0 Å². The molecule has 5 rings (SSSR count). The second-order valence-electron chi connectivity index (χ2n) is 9.38. The smallest absolute Gasteiger partial charge is 0.118 e. The average molecular weight is 438 g/mol. The number of ether oxygens (including phenoxy) is 1. The number of hydrogen-bond donors (Lipinski definition) is 0. The van der Waals surface area contributed by atoms with Crippen molar-refractivity contribution in [2.45, 2.75) is 32.9 Å². The van der Waals surface area contributed by atoms with Crippen molar-refractivity contribution in [1.82, 2.24) is 0 Å². The molecule has 32 heavy (non-hydrogen) atoms. The molecular formula is C30H30OP+. The zero-order valence-corrected chi connectivity index (χ0v) is 19.9. The van der Waals surface area contributed by atoms with Gasteiger partial charge in [-0.1, -0.05) is 68.4 Å². The minimum atomic E-state index is -1.97. The summed E-state index contributed by atoms with van der Waals surface area (Å²) in [7, 11) is -1.97. The molecule has 1 unspecified atom stereocenters. The maximum atomic E-state index is 5.62. The van der Waals surface area contributed by atoms with Gasteiger partial charge in [-0.05, 0) is 72.4 Å². The Morgan fingerprint density at radius 3 is 1.69 bits per heavy atom. The highest BCUT2D eigenvalue weighted by atomic mass is 31.2. The normalized spacial score (nSPS) is 18.0. The third-order valence-corrected chi connectivity index (χ3v) is 11.9. The SMILES string of the molecule is CC(C1=C2C=COC=C2C(C)(C)C1)[P+](c1ccccc1)(c1ccccc1)c1ccccc1. The van der Waals surface area contributed by atoms with Gasteiger partial charge in [-0.15, -0.1) is 0 Å². The van der Waals surface area contributed by atoms with Crippen LogP contribution in [-0.4, -0.2) is 5.66 Å². The fraction of sp³-hybridized carbons (Fsp3) is 0.200. The highest BCUT2D eigenvalue weighted by molar-refractivity contribution is 7.96. The van der Waals surface area contributed by atoms with E-state index in [1.807, 2.05) is 12.5 Å². The molecular weight excluding hydrogens is 407 g/mol. The maximum Gasteiger partial charge on any atom is 0.118 e. The summed E-state index contributed by atoms with van der Waals surface area (Å²) in [5.41, 5.74) is 4.68. The van der Waals surface area contributed by atoms with E-state index in [0.717, 1.165) is 6.42 Å². The van der Waals surface area contributed by atoms with E-state index in [-0.39, 0.29) is 5.41 Å². The quantitative estimate of drug-likeness (QED) is 0.413. The largest absolute Gasteiger partial charge is 0.472 e. The topological polar surface area (TPSA) is 9.23 Å². The van der Waals surface area contributed by atoms with Crippen molar-refractivity contribution in [2.24, 2.45) is 5.41 Å². The molecule has 1 atom stereocenters. The van der Waals surface area contributed by atoms with E-state index in [4.69, 9.17) is 4.74 Å². The number of benzene rings is 3. The first kappa shape index (κ1) is 21.0. The lowest BCUT2D eigenvalue weighted by Crippen LogP contribution is -2.38. The molecule has 0 bridgehead atoms. The molecule has 1 aliphatic heterocycles. The summed E-state index contributed by atoms with van der Waals surface area (Å²) < 4.78 is 5.62. The molecule has 3 aromatic carbocycles. The Morgan fingerprint density at radius 2 is 1.22 bits per heavy atom. The molecule has 0 spiro atoms. The summed E-state index contributed by atoms with van der Waals surface area (Å²) in [5.74, 6) is 0. The van der Waals surface area contributed by atoms with Crippen LogP contribution in [-0.2, 0) is 4.74 Å². The molecule has 1 heterocycles. The van der Waals surface area contributed by atoms with Gasteiger partial charge in [-0.2, -0.15) is 0 Å². The van der Waals surface area contributed by atoms with Crippen LogP contribution in [0.3, 0.4) is 0 Å². The molecule has 1 aliphatic carbocycles. The standard InChI is InChI=1S/C30H30OP/c1-23(28-21-30(2,3)29-22-31-20-19-27(28)29)32(24-13-7-4-8-14-24,25-15-9-5-10-16-25)26-17-11-6-12-18-26/h4-20,22-23H,21H2,1-3H3/q+1. The Bertz CT molecular complexity index is 1090. The van der Waals surface area contributed by atoms with Crippen molar-refractivity contribution in [3.05, 3.63) is 126 Å². The van der Waals surface area contributed by atoms with E-state index in [1.54, 1.807) is 5.57 Å². The predicted molar refractivity (Wildman–Crippen MR) is 138 cm³/mol. The van der Waals surface area contributed by atoms with E-state index < -0.39 is 7.26 Å². The zero-order valence-electron chi connectivity index (χ0n) is 19.0. The molecule has 2 aliphatic rings. The monoisotopic (exact) mass is 437 g/mol. The molecule has 0 amide bonds. The fourth-order valence-corrected chi connectivity index (χ4v) is 10.4. The molecule has 0 radical (unpaired) electrons. The third kappa shape index (κ3) is 3.28. The van der Waals surface area contributed by atoms with Crippen molar-refractivity contribution in [2.75, 3.05) is 0 Å². The van der Waals surface area contributed by atoms with Gasteiger partial charge in [0.25, 0.3) is 0 Å². The van der Waals surface area contributed by atoms with Crippen LogP contribution in [0.15, 0.2) is 126 Å². The van der Waals surface area contributed by atoms with E-state index in [2.05, 4.69) is 118 Å². The van der Waals surface area contributed by atoms with Gasteiger partial charge in [0.2, 0.25) is 0 Å². The molecule has 160 valence electrons. The van der Waals surface area contributed by atoms with Gasteiger partial charge in [-0.25, -0.2) is 0 Å². The molecule has 0 aromatic heterocycles. The Hall–Kier alpha value is -2.89. The van der Waals surface area contributed by atoms with Crippen LogP contribution in [0, 0.1) is 5.41 Å². The van der Waals surface area contributed by atoms with Crippen LogP contribution < -0.4 is 15.9 Å². The van der Waals surface area contributed by atoms with Crippen LogP contribution in [0.1, 0.15) is 27.2 Å². The summed E-state index contributed by atoms with van der Waals surface area (Å²) in [4.78, 5) is 0. The molecule has 0 fully saturated rings. The highest BCUT2D eigenvalue weighted by Crippen LogP contribution is 2.65. The molecule has 1 nitrogen and oxygen atoms in total. The Morgan fingerprint density at radius 1 is 0.750 bits per heavy atom. The van der Waals surface area contributed by atoms with Crippen LogP contribution in [0.25, 0.3) is 0 Å². The van der Waals surface area contributed by atoms with Gasteiger partial charge in [-0.3, -0.25) is 0 Å². The summed E-state index contributed by atoms with van der Waals surface area (Å²) in [6, 6.07) is 33.6. The Balaban J connectivity index is 1.82. The van der Waals surface area contributed by atoms with Crippen molar-refractivity contribution >= 4 is 23.2 Å². The fourth-order valence-electron chi connectivity index (χ4n) is 5.55. The molecule has 0 saturated carbocycles. The van der Waals surface area contributed by atoms with Gasteiger partial charge in [0.05, 0.1) is 12.5 Å². The minimum absolute atomic E-state index is 0.0728. The number of allylic oxidation sites excluding steroid dienone is 4. The first-order valence-electron chi connectivity index (χ1n) is 11.4. The van der Waals surface area contributed by atoms with Crippen molar-refractivity contribution in [1.29, 1.82) is 0 Å². The lowest BCUT2D eigenvalue weighted by atomic mass is 9.84. The van der Waals surface area contributed by atoms with E-state index in [0.29, 0.717) is 5.66 Å². The Labute approximate surface area is 192 Å². The van der Waals surface area contributed by atoms with E-state index >= 15 is 0 Å². The van der Waals surface area contributed by atoms with Crippen LogP contribution in [0.5, 0.6) is 0 Å². The van der Waals surface area contributed by atoms with Gasteiger partial charge in [0.15, 0.2) is 0 Å².